The van der Waals surface area contributed by atoms with Crippen molar-refractivity contribution >= 4 is 45.5 Å². The van der Waals surface area contributed by atoms with E-state index in [0.29, 0.717) is 10.3 Å². The highest BCUT2D eigenvalue weighted by Crippen LogP contribution is 2.41. The Bertz CT molecular complexity index is 612. The molecule has 11 heteroatoms. The molecule has 0 heterocycles. The van der Waals surface area contributed by atoms with Crippen LogP contribution in [0.15, 0.2) is 0 Å². The Morgan fingerprint density at radius 2 is 0.596 bits per heavy atom. The van der Waals surface area contributed by atoms with Gasteiger partial charge in [0.2, 0.25) is 0 Å². The predicted molar refractivity (Wildman–Crippen MR) is 217 cm³/mol. The van der Waals surface area contributed by atoms with Crippen molar-refractivity contribution in [2.45, 2.75) is 181 Å². The first-order valence-corrected chi connectivity index (χ1v) is 31.7. The van der Waals surface area contributed by atoms with Crippen molar-refractivity contribution in [1.29, 1.82) is 0 Å². The van der Waals surface area contributed by atoms with Crippen LogP contribution in [0.1, 0.15) is 131 Å². The van der Waals surface area contributed by atoms with Gasteiger partial charge in [-0.25, -0.2) is 0 Å². The summed E-state index contributed by atoms with van der Waals surface area (Å²) < 4.78 is 41.1. The van der Waals surface area contributed by atoms with E-state index in [4.69, 9.17) is 26.6 Å². The van der Waals surface area contributed by atoms with Gasteiger partial charge in [-0.15, -0.1) is 0 Å². The quantitative estimate of drug-likeness (QED) is 0.0479. The number of rotatable bonds is 34. The van der Waals surface area contributed by atoms with Gasteiger partial charge in [-0.2, -0.15) is 11.8 Å². The molecule has 0 amide bonds. The molecule has 0 aromatic carbocycles. The Morgan fingerprint density at radius 1 is 0.383 bits per heavy atom. The monoisotopic (exact) mass is 754 g/mol. The summed E-state index contributed by atoms with van der Waals surface area (Å²) in [6, 6.07) is 0. The van der Waals surface area contributed by atoms with Gasteiger partial charge in [0.15, 0.2) is 0 Å². The molecule has 0 aliphatic rings. The van der Waals surface area contributed by atoms with Gasteiger partial charge >= 0.3 is 17.6 Å². The summed E-state index contributed by atoms with van der Waals surface area (Å²) in [4.78, 5) is 0. The minimum Gasteiger partial charge on any atom is -0.373 e. The van der Waals surface area contributed by atoms with Gasteiger partial charge in [0, 0.05) is 50.0 Å². The third-order valence-electron chi connectivity index (χ3n) is 8.85. The van der Waals surface area contributed by atoms with Crippen molar-refractivity contribution in [3.63, 3.8) is 0 Å². The van der Waals surface area contributed by atoms with Gasteiger partial charge in [-0.1, -0.05) is 119 Å². The predicted octanol–water partition coefficient (Wildman–Crippen LogP) is 11.8. The molecule has 0 N–H and O–H groups in total. The lowest BCUT2D eigenvalue weighted by atomic mass is 10.4. The van der Waals surface area contributed by atoms with Crippen LogP contribution in [0.3, 0.4) is 0 Å². The molecule has 0 aromatic heterocycles. The van der Waals surface area contributed by atoms with Crippen molar-refractivity contribution in [2.24, 2.45) is 0 Å². The minimum absolute atomic E-state index is 0.390. The summed E-state index contributed by atoms with van der Waals surface area (Å²) >= 11 is 2.10. The van der Waals surface area contributed by atoms with Crippen LogP contribution in [0.2, 0.25) is 49.6 Å². The van der Waals surface area contributed by atoms with Gasteiger partial charge in [0.1, 0.15) is 0 Å². The molecule has 2 unspecified atom stereocenters. The van der Waals surface area contributed by atoms with E-state index in [-0.39, 0.29) is 0 Å². The van der Waals surface area contributed by atoms with Gasteiger partial charge in [-0.05, 0) is 62.9 Å². The molecule has 47 heavy (non-hydrogen) atoms. The van der Waals surface area contributed by atoms with Crippen LogP contribution in [0, 0.1) is 0 Å². The zero-order valence-corrected chi connectivity index (χ0v) is 38.4. The van der Waals surface area contributed by atoms with Crippen LogP contribution in [0.4, 0.5) is 0 Å². The van der Waals surface area contributed by atoms with Crippen molar-refractivity contribution in [3.05, 3.63) is 0 Å². The second-order valence-electron chi connectivity index (χ2n) is 15.4. The highest BCUT2D eigenvalue weighted by molar-refractivity contribution is 7.99. The lowest BCUT2D eigenvalue weighted by molar-refractivity contribution is 0.0515. The molecular weight excluding hydrogens is 673 g/mol. The standard InChI is InChI=1S/C36H82O6SSi4/c1-13-19-27-37-46(38-28-20-14-2,39-29-21-15-3)35(44(7,8)9)25-33-43-34-26-36(45(10,11)12)47(40-30-22-16-4,41-31-23-17-5)42-32-24-18-6/h35-36H,13-34H2,1-12H3. The Hall–Kier alpha value is 0.978. The molecule has 0 radical (unpaired) electrons. The molecule has 0 aliphatic heterocycles. The fourth-order valence-corrected chi connectivity index (χ4v) is 24.9. The van der Waals surface area contributed by atoms with Crippen LogP contribution >= 0.6 is 11.8 Å². The third kappa shape index (κ3) is 20.0. The van der Waals surface area contributed by atoms with Crippen LogP contribution < -0.4 is 0 Å². The zero-order chi connectivity index (χ0) is 35.7. The second kappa shape index (κ2) is 27.6. The van der Waals surface area contributed by atoms with E-state index in [1.807, 2.05) is 0 Å². The smallest absolute Gasteiger partial charge is 0.373 e. The maximum atomic E-state index is 6.86. The highest BCUT2D eigenvalue weighted by Gasteiger charge is 2.56. The molecule has 2 atom stereocenters. The Morgan fingerprint density at radius 3 is 0.766 bits per heavy atom. The summed E-state index contributed by atoms with van der Waals surface area (Å²) in [5.41, 5.74) is 0. The summed E-state index contributed by atoms with van der Waals surface area (Å²) in [6.07, 6.45) is 15.3. The van der Waals surface area contributed by atoms with Gasteiger partial charge in [0.05, 0.1) is 16.1 Å². The van der Waals surface area contributed by atoms with Crippen molar-refractivity contribution in [1.82, 2.24) is 0 Å². The molecule has 0 fully saturated rings. The molecule has 0 rings (SSSR count). The first-order chi connectivity index (χ1) is 22.3. The van der Waals surface area contributed by atoms with Crippen LogP contribution in [-0.4, -0.2) is 84.9 Å². The Balaban J connectivity index is 6.09. The van der Waals surface area contributed by atoms with E-state index in [2.05, 4.69) is 92.6 Å². The topological polar surface area (TPSA) is 55.4 Å². The molecule has 0 saturated heterocycles. The molecule has 0 spiro atoms. The van der Waals surface area contributed by atoms with Gasteiger partial charge in [-0.3, -0.25) is 0 Å². The lowest BCUT2D eigenvalue weighted by Crippen LogP contribution is -2.58. The average Bonchev–Trinajstić information content (AvgIpc) is 3.00. The maximum absolute atomic E-state index is 6.86. The highest BCUT2D eigenvalue weighted by atomic mass is 32.2. The van der Waals surface area contributed by atoms with Crippen LogP contribution in [-0.2, 0) is 26.6 Å². The summed E-state index contributed by atoms with van der Waals surface area (Å²) in [5.74, 6) is 2.21. The average molecular weight is 755 g/mol. The fourth-order valence-electron chi connectivity index (χ4n) is 5.79. The first-order valence-electron chi connectivity index (χ1n) is 19.7. The van der Waals surface area contributed by atoms with Crippen molar-refractivity contribution in [2.75, 3.05) is 51.1 Å². The summed E-state index contributed by atoms with van der Waals surface area (Å²) in [6.45, 7) is 32.8. The third-order valence-corrected chi connectivity index (χ3v) is 27.9. The normalized spacial score (nSPS) is 14.6. The van der Waals surface area contributed by atoms with E-state index >= 15 is 0 Å². The molecule has 6 nitrogen and oxygen atoms in total. The molecular formula is C36H82O6SSi4. The zero-order valence-electron chi connectivity index (χ0n) is 33.6. The Kier molecular flexibility index (Phi) is 28.2. The Labute approximate surface area is 303 Å². The number of hydrogen-bond donors (Lipinski definition) is 0. The molecule has 0 aliphatic carbocycles. The van der Waals surface area contributed by atoms with Gasteiger partial charge in [0.25, 0.3) is 0 Å². The number of unbranched alkanes of at least 4 members (excludes halogenated alkanes) is 6. The largest absolute Gasteiger partial charge is 0.501 e. The summed E-state index contributed by atoms with van der Waals surface area (Å²) in [7, 11) is -9.08. The fraction of sp³-hybridized carbons (Fsp3) is 1.00. The van der Waals surface area contributed by atoms with E-state index in [1.165, 1.54) is 0 Å². The van der Waals surface area contributed by atoms with E-state index in [9.17, 15) is 0 Å². The minimum atomic E-state index is -2.87. The van der Waals surface area contributed by atoms with E-state index < -0.39 is 33.8 Å². The van der Waals surface area contributed by atoms with E-state index in [0.717, 1.165) is 141 Å². The van der Waals surface area contributed by atoms with Crippen LogP contribution in [0.25, 0.3) is 0 Å². The SMILES string of the molecule is CCCCO[Si](OCCCC)(OCCCC)C(CCSCCC([Si](C)(C)C)[Si](OCCCC)(OCCCC)OCCCC)[Si](C)(C)C. The number of thioether (sulfide) groups is 1. The first kappa shape index (κ1) is 48.0. The van der Waals surface area contributed by atoms with Crippen molar-refractivity contribution < 1.29 is 26.6 Å². The molecule has 0 aromatic rings. The maximum Gasteiger partial charge on any atom is 0.501 e. The molecule has 0 saturated carbocycles. The number of hydrogen-bond acceptors (Lipinski definition) is 7. The van der Waals surface area contributed by atoms with Crippen molar-refractivity contribution in [3.8, 4) is 0 Å². The summed E-state index contributed by atoms with van der Waals surface area (Å²) in [5, 5.41) is 0.780. The van der Waals surface area contributed by atoms with Crippen LogP contribution in [0.5, 0.6) is 0 Å². The molecule has 284 valence electrons. The lowest BCUT2D eigenvalue weighted by Gasteiger charge is -2.42. The second-order valence-corrected chi connectivity index (χ2v) is 34.2. The molecule has 0 bridgehead atoms. The van der Waals surface area contributed by atoms with E-state index in [1.54, 1.807) is 0 Å². The van der Waals surface area contributed by atoms with Gasteiger partial charge < -0.3 is 26.6 Å².